The van der Waals surface area contributed by atoms with E-state index in [1.54, 1.807) is 4.90 Å². The number of sulfonamides is 1. The number of fused-ring (bicyclic) bond motifs is 1. The predicted molar refractivity (Wildman–Crippen MR) is 104 cm³/mol. The first kappa shape index (κ1) is 21.0. The second-order valence-electron chi connectivity index (χ2n) is 7.45. The topological polar surface area (TPSA) is 113 Å². The molecule has 1 aromatic rings. The van der Waals surface area contributed by atoms with Crippen LogP contribution in [0.2, 0.25) is 0 Å². The van der Waals surface area contributed by atoms with Gasteiger partial charge in [0, 0.05) is 44.9 Å². The number of benzene rings is 1. The summed E-state index contributed by atoms with van der Waals surface area (Å²) in [6.45, 7) is 3.38. The third-order valence-electron chi connectivity index (χ3n) is 5.82. The third-order valence-corrected chi connectivity index (χ3v) is 7.73. The van der Waals surface area contributed by atoms with Gasteiger partial charge in [0.25, 0.3) is 5.69 Å². The van der Waals surface area contributed by atoms with Crippen LogP contribution >= 0.6 is 12.4 Å². The van der Waals surface area contributed by atoms with Crippen LogP contribution in [0.25, 0.3) is 0 Å². The molecule has 0 aromatic heterocycles. The van der Waals surface area contributed by atoms with E-state index in [2.05, 4.69) is 5.32 Å². The van der Waals surface area contributed by atoms with Crippen molar-refractivity contribution in [2.45, 2.75) is 23.8 Å². The van der Waals surface area contributed by atoms with E-state index < -0.39 is 21.0 Å². The average Bonchev–Trinajstić information content (AvgIpc) is 3.36. The lowest BCUT2D eigenvalue weighted by molar-refractivity contribution is -0.385. The van der Waals surface area contributed by atoms with E-state index in [0.717, 1.165) is 19.2 Å². The molecule has 154 valence electrons. The number of likely N-dealkylation sites (tertiary alicyclic amines) is 1. The molecule has 3 fully saturated rings. The fraction of sp³-hybridized carbons (Fsp3) is 0.588. The summed E-state index contributed by atoms with van der Waals surface area (Å²) in [5.74, 6) is 0.741. The quantitative estimate of drug-likeness (QED) is 0.559. The smallest absolute Gasteiger partial charge is 0.270 e. The minimum absolute atomic E-state index is 0. The van der Waals surface area contributed by atoms with Gasteiger partial charge in [-0.25, -0.2) is 8.42 Å². The van der Waals surface area contributed by atoms with Gasteiger partial charge in [-0.3, -0.25) is 14.9 Å². The number of hydrogen-bond donors (Lipinski definition) is 1. The van der Waals surface area contributed by atoms with Crippen molar-refractivity contribution in [2.75, 3.05) is 32.7 Å². The van der Waals surface area contributed by atoms with Gasteiger partial charge in [-0.15, -0.1) is 12.4 Å². The largest absolute Gasteiger partial charge is 0.341 e. The fourth-order valence-electron chi connectivity index (χ4n) is 4.41. The first-order chi connectivity index (χ1) is 12.9. The SMILES string of the molecule is Cl.O=C(C1CCCN1S(=O)(=O)c1cccc([N+](=O)[O-])c1)N1C[C@H]2CNC[C@H]2C1. The maximum absolute atomic E-state index is 13.1. The van der Waals surface area contributed by atoms with Crippen molar-refractivity contribution in [3.63, 3.8) is 0 Å². The van der Waals surface area contributed by atoms with Crippen molar-refractivity contribution in [2.24, 2.45) is 11.8 Å². The zero-order valence-electron chi connectivity index (χ0n) is 15.2. The van der Waals surface area contributed by atoms with Gasteiger partial charge >= 0.3 is 0 Å². The Morgan fingerprint density at radius 1 is 1.21 bits per heavy atom. The van der Waals surface area contributed by atoms with Gasteiger partial charge in [0.1, 0.15) is 6.04 Å². The van der Waals surface area contributed by atoms with Gasteiger partial charge < -0.3 is 10.2 Å². The van der Waals surface area contributed by atoms with Crippen LogP contribution in [0.3, 0.4) is 0 Å². The van der Waals surface area contributed by atoms with Crippen LogP contribution in [0.1, 0.15) is 12.8 Å². The lowest BCUT2D eigenvalue weighted by Gasteiger charge is -2.27. The summed E-state index contributed by atoms with van der Waals surface area (Å²) in [7, 11) is -3.97. The van der Waals surface area contributed by atoms with Crippen molar-refractivity contribution >= 4 is 34.0 Å². The highest BCUT2D eigenvalue weighted by molar-refractivity contribution is 7.89. The van der Waals surface area contributed by atoms with Crippen molar-refractivity contribution in [3.05, 3.63) is 34.4 Å². The number of halogens is 1. The first-order valence-electron chi connectivity index (χ1n) is 9.14. The van der Waals surface area contributed by atoms with Gasteiger partial charge in [0.2, 0.25) is 15.9 Å². The van der Waals surface area contributed by atoms with Crippen molar-refractivity contribution < 1.29 is 18.1 Å². The minimum atomic E-state index is -3.97. The number of rotatable bonds is 4. The zero-order chi connectivity index (χ0) is 19.2. The van der Waals surface area contributed by atoms with Crippen LogP contribution in [0, 0.1) is 22.0 Å². The Hall–Kier alpha value is -1.75. The molecule has 0 radical (unpaired) electrons. The van der Waals surface area contributed by atoms with Crippen molar-refractivity contribution in [1.29, 1.82) is 0 Å². The molecule has 1 N–H and O–H groups in total. The summed E-state index contributed by atoms with van der Waals surface area (Å²) < 4.78 is 27.3. The number of nitro benzene ring substituents is 1. The van der Waals surface area contributed by atoms with Crippen molar-refractivity contribution in [1.82, 2.24) is 14.5 Å². The van der Waals surface area contributed by atoms with Crippen LogP contribution in [0.5, 0.6) is 0 Å². The molecule has 0 aliphatic carbocycles. The minimum Gasteiger partial charge on any atom is -0.341 e. The van der Waals surface area contributed by atoms with Gasteiger partial charge in [-0.1, -0.05) is 6.07 Å². The van der Waals surface area contributed by atoms with Gasteiger partial charge in [0.15, 0.2) is 0 Å². The van der Waals surface area contributed by atoms with E-state index in [-0.39, 0.29) is 35.4 Å². The molecule has 1 aromatic carbocycles. The Bertz CT molecular complexity index is 868. The standard InChI is InChI=1S/C17H22N4O5S.ClH/c22-17(19-10-12-8-18-9-13(12)11-19)16-5-2-6-20(16)27(25,26)15-4-1-3-14(7-15)21(23)24;/h1,3-4,7,12-13,16,18H,2,5-6,8-11H2;1H/t12-,13+,16?;. The molecule has 11 heteroatoms. The summed E-state index contributed by atoms with van der Waals surface area (Å²) in [4.78, 5) is 25.0. The fourth-order valence-corrected chi connectivity index (χ4v) is 6.10. The van der Waals surface area contributed by atoms with E-state index in [1.165, 1.54) is 22.5 Å². The molecule has 3 atom stereocenters. The summed E-state index contributed by atoms with van der Waals surface area (Å²) in [5, 5.41) is 14.3. The molecule has 0 spiro atoms. The third kappa shape index (κ3) is 3.61. The molecule has 3 aliphatic heterocycles. The zero-order valence-corrected chi connectivity index (χ0v) is 16.8. The number of non-ortho nitro benzene ring substituents is 1. The van der Waals surface area contributed by atoms with E-state index in [1.807, 2.05) is 0 Å². The molecular weight excluding hydrogens is 408 g/mol. The Balaban J connectivity index is 0.00000225. The number of nitrogens with one attached hydrogen (secondary N) is 1. The Morgan fingerprint density at radius 3 is 2.54 bits per heavy atom. The van der Waals surface area contributed by atoms with Crippen molar-refractivity contribution in [3.8, 4) is 0 Å². The lowest BCUT2D eigenvalue weighted by Crippen LogP contribution is -2.47. The summed E-state index contributed by atoms with van der Waals surface area (Å²) >= 11 is 0. The predicted octanol–water partition coefficient (Wildman–Crippen LogP) is 0.847. The number of hydrogen-bond acceptors (Lipinski definition) is 6. The van der Waals surface area contributed by atoms with E-state index >= 15 is 0 Å². The number of amides is 1. The average molecular weight is 431 g/mol. The van der Waals surface area contributed by atoms with E-state index in [0.29, 0.717) is 37.8 Å². The second-order valence-corrected chi connectivity index (χ2v) is 9.34. The van der Waals surface area contributed by atoms with E-state index in [9.17, 15) is 23.3 Å². The molecule has 9 nitrogen and oxygen atoms in total. The Labute approximate surface area is 169 Å². The molecule has 1 amide bonds. The highest BCUT2D eigenvalue weighted by Crippen LogP contribution is 2.32. The van der Waals surface area contributed by atoms with Crippen LogP contribution < -0.4 is 5.32 Å². The highest BCUT2D eigenvalue weighted by Gasteiger charge is 2.45. The highest BCUT2D eigenvalue weighted by atomic mass is 35.5. The van der Waals surface area contributed by atoms with Crippen LogP contribution in [-0.4, -0.2) is 67.2 Å². The maximum atomic E-state index is 13.1. The summed E-state index contributed by atoms with van der Waals surface area (Å²) in [6.07, 6.45) is 1.09. The van der Waals surface area contributed by atoms with Crippen LogP contribution in [-0.2, 0) is 14.8 Å². The monoisotopic (exact) mass is 430 g/mol. The Kier molecular flexibility index (Phi) is 5.95. The Morgan fingerprint density at radius 2 is 1.89 bits per heavy atom. The first-order valence-corrected chi connectivity index (χ1v) is 10.6. The molecule has 0 bridgehead atoms. The number of nitro groups is 1. The molecule has 4 rings (SSSR count). The number of carbonyl (C=O) groups is 1. The maximum Gasteiger partial charge on any atom is 0.270 e. The number of nitrogens with zero attached hydrogens (tertiary/aromatic N) is 3. The summed E-state index contributed by atoms with van der Waals surface area (Å²) in [5.41, 5.74) is -0.280. The van der Waals surface area contributed by atoms with Crippen LogP contribution in [0.4, 0.5) is 5.69 Å². The van der Waals surface area contributed by atoms with E-state index in [4.69, 9.17) is 0 Å². The summed E-state index contributed by atoms with van der Waals surface area (Å²) in [6, 6.07) is 4.28. The number of carbonyl (C=O) groups excluding carboxylic acids is 1. The normalized spacial score (nSPS) is 27.4. The van der Waals surface area contributed by atoms with Gasteiger partial charge in [-0.2, -0.15) is 4.31 Å². The molecular formula is C17H23ClN4O5S. The molecule has 0 saturated carbocycles. The molecule has 3 saturated heterocycles. The molecule has 3 aliphatic rings. The van der Waals surface area contributed by atoms with Gasteiger partial charge in [0.05, 0.1) is 9.82 Å². The van der Waals surface area contributed by atoms with Gasteiger partial charge in [-0.05, 0) is 30.7 Å². The second kappa shape index (κ2) is 7.94. The molecule has 3 heterocycles. The van der Waals surface area contributed by atoms with Crippen LogP contribution in [0.15, 0.2) is 29.2 Å². The lowest BCUT2D eigenvalue weighted by atomic mass is 10.0. The molecule has 1 unspecified atom stereocenters. The molecule has 28 heavy (non-hydrogen) atoms.